The third-order valence-electron chi connectivity index (χ3n) is 10.3. The zero-order valence-corrected chi connectivity index (χ0v) is 29.6. The summed E-state index contributed by atoms with van der Waals surface area (Å²) in [6.45, 7) is 6.09. The molecule has 2 aliphatic rings. The standard InChI is InChI=1S/C40H43N5O4S/c1-4-25-5-9-27(10-6-25)28-13-15-29(16-14-28)31-20-42-36(43-21-31)30-11-7-26(8-12-30)19-33(38(47)45-22-32(23-45)39(48)49)44-37(46)34-17-18-35(50-34)40(2,3)24-41/h7-8,11-18,20-21,25,27,32-33H,4-6,9-10,19,22-23H2,1-3H3,(H,44,46)(H,48,49)/t25-,27-,33-/m0/s1. The Morgan fingerprint density at radius 3 is 2.18 bits per heavy atom. The van der Waals surface area contributed by atoms with Crippen LogP contribution in [0.25, 0.3) is 22.5 Å². The number of carbonyl (C=O) groups excluding carboxylic acids is 2. The Kier molecular flexibility index (Phi) is 10.4. The van der Waals surface area contributed by atoms with Crippen molar-refractivity contribution in [3.63, 3.8) is 0 Å². The van der Waals surface area contributed by atoms with Gasteiger partial charge in [-0.15, -0.1) is 11.3 Å². The van der Waals surface area contributed by atoms with E-state index in [0.29, 0.717) is 16.6 Å². The van der Waals surface area contributed by atoms with Gasteiger partial charge in [0.05, 0.1) is 22.3 Å². The highest BCUT2D eigenvalue weighted by molar-refractivity contribution is 7.14. The van der Waals surface area contributed by atoms with E-state index in [4.69, 9.17) is 0 Å². The van der Waals surface area contributed by atoms with E-state index in [-0.39, 0.29) is 25.4 Å². The molecule has 0 bridgehead atoms. The Balaban J connectivity index is 1.12. The lowest BCUT2D eigenvalue weighted by Gasteiger charge is -2.38. The molecule has 1 saturated carbocycles. The lowest BCUT2D eigenvalue weighted by Crippen LogP contribution is -2.59. The summed E-state index contributed by atoms with van der Waals surface area (Å²) in [6.07, 6.45) is 10.4. The smallest absolute Gasteiger partial charge is 0.310 e. The predicted molar refractivity (Wildman–Crippen MR) is 194 cm³/mol. The quantitative estimate of drug-likeness (QED) is 0.169. The number of hydrogen-bond acceptors (Lipinski definition) is 7. The summed E-state index contributed by atoms with van der Waals surface area (Å²) in [5.74, 6) is -0.178. The van der Waals surface area contributed by atoms with Crippen LogP contribution in [0.3, 0.4) is 0 Å². The maximum atomic E-state index is 13.5. The van der Waals surface area contributed by atoms with Gasteiger partial charge in [0.1, 0.15) is 6.04 Å². The van der Waals surface area contributed by atoms with Crippen molar-refractivity contribution in [1.29, 1.82) is 5.26 Å². The Labute approximate surface area is 297 Å². The van der Waals surface area contributed by atoms with Crippen molar-refractivity contribution in [2.75, 3.05) is 13.1 Å². The first-order valence-corrected chi connectivity index (χ1v) is 18.2. The largest absolute Gasteiger partial charge is 0.481 e. The van der Waals surface area contributed by atoms with Crippen LogP contribution in [-0.4, -0.2) is 56.9 Å². The molecule has 258 valence electrons. The molecule has 2 fully saturated rings. The van der Waals surface area contributed by atoms with Crippen LogP contribution in [0.1, 0.15) is 84.5 Å². The maximum Gasteiger partial charge on any atom is 0.310 e. The number of carboxylic acids is 1. The number of amides is 2. The fourth-order valence-corrected chi connectivity index (χ4v) is 7.78. The molecule has 1 saturated heterocycles. The molecular weight excluding hydrogens is 647 g/mol. The Morgan fingerprint density at radius 1 is 0.940 bits per heavy atom. The Bertz CT molecular complexity index is 1860. The fraction of sp³-hybridized carbons (Fsp3) is 0.400. The summed E-state index contributed by atoms with van der Waals surface area (Å²) in [7, 11) is 0. The number of hydrogen-bond donors (Lipinski definition) is 2. The van der Waals surface area contributed by atoms with Crippen molar-refractivity contribution in [2.24, 2.45) is 11.8 Å². The minimum absolute atomic E-state index is 0.108. The third kappa shape index (κ3) is 7.79. The fourth-order valence-electron chi connectivity index (χ4n) is 6.82. The van der Waals surface area contributed by atoms with E-state index >= 15 is 0 Å². The van der Waals surface area contributed by atoms with Gasteiger partial charge < -0.3 is 15.3 Å². The molecule has 4 aromatic rings. The van der Waals surface area contributed by atoms with Crippen LogP contribution < -0.4 is 5.32 Å². The second-order valence-electron chi connectivity index (χ2n) is 14.1. The molecule has 0 unspecified atom stereocenters. The number of benzene rings is 2. The predicted octanol–water partition coefficient (Wildman–Crippen LogP) is 7.24. The molecule has 50 heavy (non-hydrogen) atoms. The molecule has 0 spiro atoms. The number of carboxylic acid groups (broad SMARTS) is 1. The number of nitrogens with one attached hydrogen (secondary N) is 1. The molecule has 10 heteroatoms. The van der Waals surface area contributed by atoms with E-state index in [2.05, 4.69) is 52.5 Å². The van der Waals surface area contributed by atoms with E-state index in [9.17, 15) is 24.8 Å². The summed E-state index contributed by atoms with van der Waals surface area (Å²) in [4.78, 5) is 50.1. The third-order valence-corrected chi connectivity index (χ3v) is 11.7. The SMILES string of the molecule is CC[C@H]1CC[C@H](c2ccc(-c3cnc(-c4ccc(C[C@H](NC(=O)c5ccc(C(C)(C)C#N)s5)C(=O)N5CC(C(=O)O)C5)cc4)nc3)cc2)CC1. The molecule has 2 amide bonds. The minimum Gasteiger partial charge on any atom is -0.481 e. The van der Waals surface area contributed by atoms with E-state index in [1.165, 1.54) is 53.9 Å². The molecule has 2 aromatic heterocycles. The van der Waals surface area contributed by atoms with Crippen molar-refractivity contribution >= 4 is 29.1 Å². The van der Waals surface area contributed by atoms with Crippen molar-refractivity contribution < 1.29 is 19.5 Å². The molecular formula is C40H43N5O4S. The second kappa shape index (κ2) is 14.9. The van der Waals surface area contributed by atoms with Gasteiger partial charge in [0.15, 0.2) is 5.82 Å². The Morgan fingerprint density at radius 2 is 1.58 bits per heavy atom. The van der Waals surface area contributed by atoms with Crippen LogP contribution in [0.4, 0.5) is 0 Å². The summed E-state index contributed by atoms with van der Waals surface area (Å²) in [5.41, 5.74) is 4.35. The lowest BCUT2D eigenvalue weighted by atomic mass is 9.78. The molecule has 1 aliphatic carbocycles. The van der Waals surface area contributed by atoms with Crippen molar-refractivity contribution in [1.82, 2.24) is 20.2 Å². The van der Waals surface area contributed by atoms with Gasteiger partial charge in [-0.1, -0.05) is 61.9 Å². The first-order valence-electron chi connectivity index (χ1n) is 17.4. The maximum absolute atomic E-state index is 13.5. The van der Waals surface area contributed by atoms with Crippen LogP contribution in [-0.2, 0) is 21.4 Å². The number of likely N-dealkylation sites (tertiary alicyclic amines) is 1. The number of aliphatic carboxylic acids is 1. The zero-order valence-electron chi connectivity index (χ0n) is 28.8. The first-order chi connectivity index (χ1) is 24.0. The van der Waals surface area contributed by atoms with Crippen molar-refractivity contribution in [3.8, 4) is 28.6 Å². The molecule has 1 atom stereocenters. The average molecular weight is 690 g/mol. The van der Waals surface area contributed by atoms with Crippen molar-refractivity contribution in [3.05, 3.63) is 93.9 Å². The molecule has 2 N–H and O–H groups in total. The highest BCUT2D eigenvalue weighted by Gasteiger charge is 2.39. The number of thiophene rings is 1. The van der Waals surface area contributed by atoms with Crippen molar-refractivity contribution in [2.45, 2.75) is 76.7 Å². The summed E-state index contributed by atoms with van der Waals surface area (Å²) in [6, 6.07) is 21.2. The van der Waals surface area contributed by atoms with Gasteiger partial charge in [0, 0.05) is 47.9 Å². The first kappa shape index (κ1) is 35.0. The van der Waals surface area contributed by atoms with E-state index in [1.807, 2.05) is 36.7 Å². The minimum atomic E-state index is -0.940. The monoisotopic (exact) mass is 689 g/mol. The Hall–Kier alpha value is -4.88. The summed E-state index contributed by atoms with van der Waals surface area (Å²) < 4.78 is 0. The van der Waals surface area contributed by atoms with Gasteiger partial charge in [-0.3, -0.25) is 14.4 Å². The van der Waals surface area contributed by atoms with Gasteiger partial charge in [-0.2, -0.15) is 5.26 Å². The number of rotatable bonds is 11. The van der Waals surface area contributed by atoms with Gasteiger partial charge >= 0.3 is 5.97 Å². The summed E-state index contributed by atoms with van der Waals surface area (Å²) in [5, 5.41) is 21.7. The van der Waals surface area contributed by atoms with Crippen LogP contribution >= 0.6 is 11.3 Å². The average Bonchev–Trinajstić information content (AvgIpc) is 3.63. The number of nitrogens with zero attached hydrogens (tertiary/aromatic N) is 4. The van der Waals surface area contributed by atoms with E-state index in [0.717, 1.165) is 33.0 Å². The van der Waals surface area contributed by atoms with Crippen LogP contribution in [0.15, 0.2) is 73.1 Å². The number of carbonyl (C=O) groups is 3. The topological polar surface area (TPSA) is 136 Å². The molecule has 3 heterocycles. The van der Waals surface area contributed by atoms with Gasteiger partial charge in [0.25, 0.3) is 5.91 Å². The normalized spacial score (nSPS) is 18.5. The lowest BCUT2D eigenvalue weighted by molar-refractivity contribution is -0.153. The molecule has 2 aromatic carbocycles. The number of aromatic nitrogens is 2. The molecule has 9 nitrogen and oxygen atoms in total. The zero-order chi connectivity index (χ0) is 35.4. The highest BCUT2D eigenvalue weighted by Crippen LogP contribution is 2.37. The van der Waals surface area contributed by atoms with Crippen LogP contribution in [0.5, 0.6) is 0 Å². The van der Waals surface area contributed by atoms with E-state index < -0.39 is 29.3 Å². The molecule has 0 radical (unpaired) electrons. The van der Waals surface area contributed by atoms with E-state index in [1.54, 1.807) is 26.0 Å². The van der Waals surface area contributed by atoms with Crippen LogP contribution in [0.2, 0.25) is 0 Å². The molecule has 6 rings (SSSR count). The number of nitriles is 1. The van der Waals surface area contributed by atoms with Gasteiger partial charge in [-0.25, -0.2) is 9.97 Å². The van der Waals surface area contributed by atoms with Crippen LogP contribution in [0, 0.1) is 23.2 Å². The highest BCUT2D eigenvalue weighted by atomic mass is 32.1. The van der Waals surface area contributed by atoms with Gasteiger partial charge in [0.2, 0.25) is 5.91 Å². The summed E-state index contributed by atoms with van der Waals surface area (Å²) >= 11 is 1.22. The van der Waals surface area contributed by atoms with Gasteiger partial charge in [-0.05, 0) is 80.2 Å². The second-order valence-corrected chi connectivity index (χ2v) is 15.2. The molecule has 1 aliphatic heterocycles.